The van der Waals surface area contributed by atoms with Crippen LogP contribution in [0.25, 0.3) is 0 Å². The van der Waals surface area contributed by atoms with Crippen LogP contribution in [0.1, 0.15) is 297 Å². The molecule has 0 bridgehead atoms. The summed E-state index contributed by atoms with van der Waals surface area (Å²) in [5.74, 6) is -0.894. The average Bonchev–Trinajstić information content (AvgIpc) is 3.38. The fourth-order valence-electron chi connectivity index (χ4n) is 8.53. The van der Waals surface area contributed by atoms with Crippen molar-refractivity contribution < 1.29 is 28.6 Å². The van der Waals surface area contributed by atoms with Gasteiger partial charge in [0, 0.05) is 19.3 Å². The first-order chi connectivity index (χ1) is 35.5. The summed E-state index contributed by atoms with van der Waals surface area (Å²) in [6, 6.07) is 0. The molecule has 0 N–H and O–H groups in total. The van der Waals surface area contributed by atoms with Crippen LogP contribution in [0.2, 0.25) is 0 Å². The number of ether oxygens (including phenoxy) is 3. The highest BCUT2D eigenvalue weighted by molar-refractivity contribution is 5.71. The summed E-state index contributed by atoms with van der Waals surface area (Å²) >= 11 is 0. The highest BCUT2D eigenvalue weighted by atomic mass is 16.6. The molecular formula is C66H114O6. The van der Waals surface area contributed by atoms with E-state index in [9.17, 15) is 14.4 Å². The van der Waals surface area contributed by atoms with E-state index in [4.69, 9.17) is 14.2 Å². The van der Waals surface area contributed by atoms with Gasteiger partial charge in [-0.15, -0.1) is 0 Å². The zero-order valence-electron chi connectivity index (χ0n) is 47.4. The lowest BCUT2D eigenvalue weighted by Crippen LogP contribution is -2.30. The van der Waals surface area contributed by atoms with Crippen molar-refractivity contribution in [3.8, 4) is 0 Å². The van der Waals surface area contributed by atoms with E-state index in [0.29, 0.717) is 19.3 Å². The van der Waals surface area contributed by atoms with Crippen molar-refractivity contribution in [1.82, 2.24) is 0 Å². The Morgan fingerprint density at radius 2 is 0.569 bits per heavy atom. The molecule has 0 radical (unpaired) electrons. The lowest BCUT2D eigenvalue weighted by Gasteiger charge is -2.18. The number of esters is 3. The second-order valence-electron chi connectivity index (χ2n) is 20.2. The molecule has 0 aromatic rings. The summed E-state index contributed by atoms with van der Waals surface area (Å²) in [5, 5.41) is 0. The van der Waals surface area contributed by atoms with Crippen molar-refractivity contribution in [2.24, 2.45) is 0 Å². The predicted octanol–water partition coefficient (Wildman–Crippen LogP) is 20.7. The quantitative estimate of drug-likeness (QED) is 0.0261. The van der Waals surface area contributed by atoms with Gasteiger partial charge in [-0.2, -0.15) is 0 Å². The highest BCUT2D eigenvalue weighted by Gasteiger charge is 2.19. The molecule has 0 amide bonds. The maximum atomic E-state index is 12.8. The van der Waals surface area contributed by atoms with Crippen LogP contribution in [0.5, 0.6) is 0 Å². The number of hydrogen-bond acceptors (Lipinski definition) is 6. The van der Waals surface area contributed by atoms with E-state index in [2.05, 4.69) is 106 Å². The van der Waals surface area contributed by atoms with Crippen molar-refractivity contribution >= 4 is 17.9 Å². The molecule has 6 heteroatoms. The molecule has 0 aliphatic heterocycles. The van der Waals surface area contributed by atoms with Crippen LogP contribution in [0, 0.1) is 0 Å². The van der Waals surface area contributed by atoms with Gasteiger partial charge < -0.3 is 14.2 Å². The van der Waals surface area contributed by atoms with Gasteiger partial charge in [0.25, 0.3) is 0 Å². The van der Waals surface area contributed by atoms with Crippen LogP contribution in [-0.4, -0.2) is 37.2 Å². The molecule has 0 rings (SSSR count). The molecule has 0 spiro atoms. The standard InChI is InChI=1S/C66H114O6/c1-4-7-10-13-16-19-22-24-26-27-28-29-30-31-32-33-34-35-36-37-38-39-41-42-44-47-50-53-56-59-65(68)71-62-63(61-70-64(67)58-55-52-49-46-21-18-15-12-9-6-3)72-66(69)60-57-54-51-48-45-43-40-25-23-20-17-14-11-8-5-2/h7,10,12,15-16,19,24-26,28-29,31-32,40,63H,4-6,8-9,11,13-14,17-18,20-23,27,30,33-39,41-62H2,1-3H3/b10-7-,15-12-,19-16-,26-24-,29-28-,32-31-,40-25-. The van der Waals surface area contributed by atoms with E-state index in [0.717, 1.165) is 116 Å². The van der Waals surface area contributed by atoms with Crippen LogP contribution < -0.4 is 0 Å². The summed E-state index contributed by atoms with van der Waals surface area (Å²) in [6.45, 7) is 6.46. The highest BCUT2D eigenvalue weighted by Crippen LogP contribution is 2.16. The maximum absolute atomic E-state index is 12.8. The normalized spacial score (nSPS) is 12.7. The number of carbonyl (C=O) groups excluding carboxylic acids is 3. The third-order valence-corrected chi connectivity index (χ3v) is 13.1. The van der Waals surface area contributed by atoms with Gasteiger partial charge in [-0.3, -0.25) is 14.4 Å². The van der Waals surface area contributed by atoms with Crippen LogP contribution >= 0.6 is 0 Å². The summed E-state index contributed by atoms with van der Waals surface area (Å²) < 4.78 is 16.8. The minimum absolute atomic E-state index is 0.0813. The Morgan fingerprint density at radius 1 is 0.292 bits per heavy atom. The number of allylic oxidation sites excluding steroid dienone is 14. The van der Waals surface area contributed by atoms with Crippen LogP contribution in [0.4, 0.5) is 0 Å². The zero-order chi connectivity index (χ0) is 52.2. The smallest absolute Gasteiger partial charge is 0.306 e. The van der Waals surface area contributed by atoms with E-state index in [-0.39, 0.29) is 31.1 Å². The molecule has 0 aromatic heterocycles. The lowest BCUT2D eigenvalue weighted by atomic mass is 10.0. The largest absolute Gasteiger partial charge is 0.462 e. The van der Waals surface area contributed by atoms with Gasteiger partial charge in [0.15, 0.2) is 6.10 Å². The third-order valence-electron chi connectivity index (χ3n) is 13.1. The second kappa shape index (κ2) is 60.1. The number of carbonyl (C=O) groups is 3. The van der Waals surface area contributed by atoms with E-state index in [1.807, 2.05) is 0 Å². The monoisotopic (exact) mass is 1000 g/mol. The first-order valence-electron chi connectivity index (χ1n) is 30.6. The molecule has 72 heavy (non-hydrogen) atoms. The summed E-state index contributed by atoms with van der Waals surface area (Å²) in [4.78, 5) is 38.1. The molecular weight excluding hydrogens is 889 g/mol. The Hall–Kier alpha value is -3.41. The zero-order valence-corrected chi connectivity index (χ0v) is 47.4. The predicted molar refractivity (Wildman–Crippen MR) is 311 cm³/mol. The van der Waals surface area contributed by atoms with E-state index in [1.54, 1.807) is 0 Å². The van der Waals surface area contributed by atoms with Gasteiger partial charge in [-0.05, 0) is 109 Å². The molecule has 0 saturated carbocycles. The van der Waals surface area contributed by atoms with Gasteiger partial charge in [0.05, 0.1) is 0 Å². The molecule has 1 atom stereocenters. The Labute approximate surface area is 445 Å². The topological polar surface area (TPSA) is 78.9 Å². The maximum Gasteiger partial charge on any atom is 0.306 e. The van der Waals surface area contributed by atoms with Crippen molar-refractivity contribution in [3.05, 3.63) is 85.1 Å². The lowest BCUT2D eigenvalue weighted by molar-refractivity contribution is -0.167. The fraction of sp³-hybridized carbons (Fsp3) is 0.742. The minimum Gasteiger partial charge on any atom is -0.462 e. The first kappa shape index (κ1) is 68.6. The molecule has 1 unspecified atom stereocenters. The third kappa shape index (κ3) is 57.5. The average molecular weight is 1000 g/mol. The van der Waals surface area contributed by atoms with Crippen LogP contribution in [0.15, 0.2) is 85.1 Å². The van der Waals surface area contributed by atoms with Crippen molar-refractivity contribution in [3.63, 3.8) is 0 Å². The van der Waals surface area contributed by atoms with E-state index in [1.165, 1.54) is 141 Å². The van der Waals surface area contributed by atoms with Gasteiger partial charge >= 0.3 is 17.9 Å². The molecule has 0 fully saturated rings. The minimum atomic E-state index is -0.783. The first-order valence-corrected chi connectivity index (χ1v) is 30.6. The Morgan fingerprint density at radius 3 is 0.917 bits per heavy atom. The molecule has 0 heterocycles. The van der Waals surface area contributed by atoms with Crippen LogP contribution in [-0.2, 0) is 28.6 Å². The van der Waals surface area contributed by atoms with Crippen LogP contribution in [0.3, 0.4) is 0 Å². The number of rotatable bonds is 55. The Bertz CT molecular complexity index is 1380. The Balaban J connectivity index is 4.18. The second-order valence-corrected chi connectivity index (χ2v) is 20.2. The van der Waals surface area contributed by atoms with E-state index >= 15 is 0 Å². The number of hydrogen-bond donors (Lipinski definition) is 0. The Kier molecular flexibility index (Phi) is 57.3. The SMILES string of the molecule is CC/C=C\C/C=C\C/C=C\C/C=C\C/C=C\CCCCCCCCCCCCCCCC(=O)OCC(COC(=O)CCCCCCC/C=C\CCC)OC(=O)CCCCCCC/C=C\CCCCCCCC. The van der Waals surface area contributed by atoms with Crippen molar-refractivity contribution in [1.29, 1.82) is 0 Å². The summed E-state index contributed by atoms with van der Waals surface area (Å²) in [7, 11) is 0. The molecule has 0 aliphatic carbocycles. The number of unbranched alkanes of at least 4 members (excludes halogenated alkanes) is 30. The van der Waals surface area contributed by atoms with Gasteiger partial charge in [-0.1, -0.05) is 254 Å². The fourth-order valence-corrected chi connectivity index (χ4v) is 8.53. The molecule has 0 aromatic carbocycles. The van der Waals surface area contributed by atoms with Gasteiger partial charge in [-0.25, -0.2) is 0 Å². The van der Waals surface area contributed by atoms with Crippen molar-refractivity contribution in [2.45, 2.75) is 303 Å². The van der Waals surface area contributed by atoms with Gasteiger partial charge in [0.2, 0.25) is 0 Å². The molecule has 0 aliphatic rings. The molecule has 6 nitrogen and oxygen atoms in total. The summed E-state index contributed by atoms with van der Waals surface area (Å²) in [5.41, 5.74) is 0. The van der Waals surface area contributed by atoms with Gasteiger partial charge in [0.1, 0.15) is 13.2 Å². The molecule has 0 saturated heterocycles. The van der Waals surface area contributed by atoms with E-state index < -0.39 is 6.10 Å². The summed E-state index contributed by atoms with van der Waals surface area (Å²) in [6.07, 6.45) is 78.8. The molecule has 414 valence electrons. The van der Waals surface area contributed by atoms with Crippen molar-refractivity contribution in [2.75, 3.05) is 13.2 Å².